The Bertz CT molecular complexity index is 905. The number of para-hydroxylation sites is 2. The van der Waals surface area contributed by atoms with Gasteiger partial charge in [0.05, 0.1) is 18.8 Å². The molecule has 0 aliphatic carbocycles. The lowest BCUT2D eigenvalue weighted by Gasteiger charge is -2.18. The summed E-state index contributed by atoms with van der Waals surface area (Å²) < 4.78 is 32.1. The van der Waals surface area contributed by atoms with Crippen molar-refractivity contribution in [1.29, 1.82) is 0 Å². The number of nitrogen functional groups attached to an aromatic ring is 1. The highest BCUT2D eigenvalue weighted by molar-refractivity contribution is 9.10. The number of nitrogens with two attached hydrogens (primary N) is 1. The second-order valence-electron chi connectivity index (χ2n) is 5.28. The lowest BCUT2D eigenvalue weighted by molar-refractivity contribution is -0.116. The number of rotatable bonds is 7. The van der Waals surface area contributed by atoms with Crippen LogP contribution in [0.1, 0.15) is 6.92 Å². The Morgan fingerprint density at radius 1 is 1.38 bits per heavy atom. The van der Waals surface area contributed by atoms with E-state index in [2.05, 4.69) is 26.2 Å². The van der Waals surface area contributed by atoms with E-state index in [9.17, 15) is 13.2 Å². The molecule has 2 aromatic rings. The van der Waals surface area contributed by atoms with Gasteiger partial charge in [-0.1, -0.05) is 12.1 Å². The number of likely N-dealkylation sites (N-methyl/N-ethyl adjacent to an activating group) is 1. The maximum absolute atomic E-state index is 12.6. The molecule has 0 spiro atoms. The molecule has 0 saturated heterocycles. The summed E-state index contributed by atoms with van der Waals surface area (Å²) >= 11 is 3.16. The van der Waals surface area contributed by atoms with E-state index in [0.717, 1.165) is 4.31 Å². The third-order valence-electron chi connectivity index (χ3n) is 3.36. The summed E-state index contributed by atoms with van der Waals surface area (Å²) in [5.74, 6) is -0.138. The Morgan fingerprint density at radius 2 is 2.08 bits per heavy atom. The summed E-state index contributed by atoms with van der Waals surface area (Å²) in [7, 11) is -2.68. The van der Waals surface area contributed by atoms with Crippen molar-refractivity contribution in [3.05, 3.63) is 41.0 Å². The number of hydrogen-bond acceptors (Lipinski definition) is 6. The van der Waals surface area contributed by atoms with E-state index in [1.807, 2.05) is 6.92 Å². The van der Waals surface area contributed by atoms with Crippen LogP contribution in [0.15, 0.2) is 45.9 Å². The number of halogens is 1. The molecule has 1 amide bonds. The summed E-state index contributed by atoms with van der Waals surface area (Å²) in [5.41, 5.74) is 6.13. The molecule has 1 aromatic heterocycles. The average Bonchev–Trinajstić information content (AvgIpc) is 2.58. The monoisotopic (exact) mass is 442 g/mol. The number of carbonyl (C=O) groups is 1. The Labute approximate surface area is 160 Å². The Hall–Kier alpha value is -2.17. The smallest absolute Gasteiger partial charge is 0.246 e. The molecule has 1 heterocycles. The van der Waals surface area contributed by atoms with Crippen LogP contribution < -0.4 is 15.8 Å². The number of nitrogens with one attached hydrogen (secondary N) is 1. The number of ether oxygens (including phenoxy) is 1. The molecule has 0 aliphatic heterocycles. The van der Waals surface area contributed by atoms with Crippen molar-refractivity contribution in [3.63, 3.8) is 0 Å². The third-order valence-corrected chi connectivity index (χ3v) is 5.63. The Morgan fingerprint density at radius 3 is 2.77 bits per heavy atom. The fourth-order valence-corrected chi connectivity index (χ4v) is 3.83. The number of nitrogens with zero attached hydrogens (tertiary/aromatic N) is 2. The normalized spacial score (nSPS) is 11.4. The van der Waals surface area contributed by atoms with E-state index in [1.54, 1.807) is 24.3 Å². The molecule has 26 heavy (non-hydrogen) atoms. The van der Waals surface area contributed by atoms with Crippen molar-refractivity contribution in [1.82, 2.24) is 9.29 Å². The van der Waals surface area contributed by atoms with Crippen molar-refractivity contribution in [3.8, 4) is 5.75 Å². The molecule has 0 unspecified atom stereocenters. The number of aromatic nitrogens is 1. The first kappa shape index (κ1) is 20.1. The molecule has 140 valence electrons. The summed E-state index contributed by atoms with van der Waals surface area (Å²) in [6.07, 6.45) is 1.39. The largest absolute Gasteiger partial charge is 0.492 e. The van der Waals surface area contributed by atoms with Gasteiger partial charge in [-0.05, 0) is 41.1 Å². The molecule has 0 saturated carbocycles. The predicted molar refractivity (Wildman–Crippen MR) is 102 cm³/mol. The minimum Gasteiger partial charge on any atom is -0.492 e. The van der Waals surface area contributed by atoms with Crippen LogP contribution in [0.3, 0.4) is 0 Å². The lowest BCUT2D eigenvalue weighted by atomic mass is 10.3. The summed E-state index contributed by atoms with van der Waals surface area (Å²) in [5, 5.41) is 2.65. The number of anilines is 2. The first-order valence-corrected chi connectivity index (χ1v) is 9.88. The number of carbonyl (C=O) groups excluding carboxylic acids is 1. The van der Waals surface area contributed by atoms with Gasteiger partial charge in [-0.15, -0.1) is 0 Å². The van der Waals surface area contributed by atoms with Gasteiger partial charge < -0.3 is 15.8 Å². The SMILES string of the molecule is CCOc1ccccc1NC(=O)CN(C)S(=O)(=O)c1cc(Br)cnc1N. The second-order valence-corrected chi connectivity index (χ2v) is 8.20. The summed E-state index contributed by atoms with van der Waals surface area (Å²) in [4.78, 5) is 15.9. The highest BCUT2D eigenvalue weighted by Gasteiger charge is 2.26. The molecule has 10 heteroatoms. The number of sulfonamides is 1. The number of hydrogen-bond donors (Lipinski definition) is 2. The van der Waals surface area contributed by atoms with Crippen LogP contribution in [-0.4, -0.2) is 43.8 Å². The zero-order chi connectivity index (χ0) is 19.3. The van der Waals surface area contributed by atoms with Crippen LogP contribution in [0.2, 0.25) is 0 Å². The van der Waals surface area contributed by atoms with Gasteiger partial charge in [0.25, 0.3) is 0 Å². The van der Waals surface area contributed by atoms with Gasteiger partial charge in [-0.3, -0.25) is 4.79 Å². The molecule has 0 bridgehead atoms. The van der Waals surface area contributed by atoms with Crippen molar-refractivity contribution >= 4 is 43.4 Å². The number of amides is 1. The van der Waals surface area contributed by atoms with Crippen LogP contribution in [-0.2, 0) is 14.8 Å². The van der Waals surface area contributed by atoms with Crippen LogP contribution in [0.4, 0.5) is 11.5 Å². The zero-order valence-electron chi connectivity index (χ0n) is 14.3. The Balaban J connectivity index is 2.15. The van der Waals surface area contributed by atoms with Gasteiger partial charge in [0.15, 0.2) is 0 Å². The minimum absolute atomic E-state index is 0.137. The first-order chi connectivity index (χ1) is 12.3. The minimum atomic E-state index is -3.98. The van der Waals surface area contributed by atoms with Gasteiger partial charge in [-0.25, -0.2) is 13.4 Å². The van der Waals surface area contributed by atoms with Crippen LogP contribution in [0.5, 0.6) is 5.75 Å². The molecule has 8 nitrogen and oxygen atoms in total. The van der Waals surface area contributed by atoms with E-state index in [4.69, 9.17) is 10.5 Å². The van der Waals surface area contributed by atoms with Crippen molar-refractivity contribution < 1.29 is 17.9 Å². The van der Waals surface area contributed by atoms with Gasteiger partial charge in [-0.2, -0.15) is 4.31 Å². The van der Waals surface area contributed by atoms with E-state index >= 15 is 0 Å². The maximum Gasteiger partial charge on any atom is 0.246 e. The molecule has 0 radical (unpaired) electrons. The van der Waals surface area contributed by atoms with E-state index in [1.165, 1.54) is 19.3 Å². The molecular formula is C16H19BrN4O4S. The maximum atomic E-state index is 12.6. The van der Waals surface area contributed by atoms with E-state index < -0.39 is 22.5 Å². The fraction of sp³-hybridized carbons (Fsp3) is 0.250. The molecule has 0 atom stereocenters. The molecule has 1 aromatic carbocycles. The van der Waals surface area contributed by atoms with Gasteiger partial charge in [0.1, 0.15) is 16.5 Å². The third kappa shape index (κ3) is 4.71. The predicted octanol–water partition coefficient (Wildman–Crippen LogP) is 2.08. The van der Waals surface area contributed by atoms with Crippen molar-refractivity contribution in [2.75, 3.05) is 31.2 Å². The van der Waals surface area contributed by atoms with Crippen molar-refractivity contribution in [2.45, 2.75) is 11.8 Å². The highest BCUT2D eigenvalue weighted by atomic mass is 79.9. The Kier molecular flexibility index (Phi) is 6.57. The molecular weight excluding hydrogens is 424 g/mol. The fourth-order valence-electron chi connectivity index (χ4n) is 2.13. The van der Waals surface area contributed by atoms with Crippen LogP contribution in [0.25, 0.3) is 0 Å². The second kappa shape index (κ2) is 8.47. The molecule has 0 aliphatic rings. The lowest BCUT2D eigenvalue weighted by Crippen LogP contribution is -2.35. The number of benzene rings is 1. The van der Waals surface area contributed by atoms with Crippen LogP contribution in [0, 0.1) is 0 Å². The standard InChI is InChI=1S/C16H19BrN4O4S/c1-3-25-13-7-5-4-6-12(13)20-15(22)10-21(2)26(23,24)14-8-11(17)9-19-16(14)18/h4-9H,3,10H2,1-2H3,(H2,18,19)(H,20,22). The molecule has 3 N–H and O–H groups in total. The highest BCUT2D eigenvalue weighted by Crippen LogP contribution is 2.25. The molecule has 0 fully saturated rings. The average molecular weight is 443 g/mol. The van der Waals surface area contributed by atoms with Crippen molar-refractivity contribution in [2.24, 2.45) is 0 Å². The van der Waals surface area contributed by atoms with Crippen LogP contribution >= 0.6 is 15.9 Å². The van der Waals surface area contributed by atoms with Gasteiger partial charge >= 0.3 is 0 Å². The zero-order valence-corrected chi connectivity index (χ0v) is 16.7. The summed E-state index contributed by atoms with van der Waals surface area (Å²) in [6, 6.07) is 8.25. The van der Waals surface area contributed by atoms with E-state index in [-0.39, 0.29) is 10.7 Å². The number of pyridine rings is 1. The van der Waals surface area contributed by atoms with E-state index in [0.29, 0.717) is 22.5 Å². The van der Waals surface area contributed by atoms with Gasteiger partial charge in [0, 0.05) is 17.7 Å². The molecule has 2 rings (SSSR count). The topological polar surface area (TPSA) is 115 Å². The first-order valence-electron chi connectivity index (χ1n) is 7.64. The summed E-state index contributed by atoms with van der Waals surface area (Å²) in [6.45, 7) is 1.88. The van der Waals surface area contributed by atoms with Gasteiger partial charge in [0.2, 0.25) is 15.9 Å². The quantitative estimate of drug-likeness (QED) is 0.677.